The molecule has 0 aromatic carbocycles. The topological polar surface area (TPSA) is 0 Å². The first-order valence-electron chi connectivity index (χ1n) is 2.75. The minimum atomic E-state index is -4.76. The molecule has 0 aliphatic heterocycles. The predicted molar refractivity (Wildman–Crippen MR) is 37.8 cm³/mol. The minimum Gasteiger partial charge on any atom is -0.444 e. The number of aryl methyl sites for hydroxylation is 1. The first-order valence-corrected chi connectivity index (χ1v) is 3.63. The first kappa shape index (κ1) is 12.2. The number of halogens is 3. The van der Waals surface area contributed by atoms with Gasteiger partial charge in [-0.05, 0) is 17.9 Å². The molecule has 56 valence electrons. The molecule has 0 saturated carbocycles. The molecule has 0 atom stereocenters. The van der Waals surface area contributed by atoms with E-state index in [4.69, 9.17) is 0 Å². The number of rotatable bonds is 1. The van der Waals surface area contributed by atoms with Crippen LogP contribution >= 0.6 is 11.3 Å². The maximum atomic E-state index is 11.9. The zero-order valence-corrected chi connectivity index (χ0v) is 10.2. The summed E-state index contributed by atoms with van der Waals surface area (Å²) in [5.41, 5.74) is 0.680. The van der Waals surface area contributed by atoms with Crippen LogP contribution in [0.25, 0.3) is 0 Å². The molecule has 0 nitrogen and oxygen atoms in total. The molecule has 0 fully saturated rings. The zero-order chi connectivity index (χ0) is 7.78. The molecule has 1 aromatic heterocycles. The number of thiophene rings is 1. The van der Waals surface area contributed by atoms with Gasteiger partial charge in [0.2, 0.25) is 0 Å². The van der Waals surface area contributed by atoms with Crippen LogP contribution in [0.1, 0.15) is 5.56 Å². The Balaban J connectivity index is 0.000001000. The average Bonchev–Trinajstić information content (AvgIpc) is 2.11. The van der Waals surface area contributed by atoms with Gasteiger partial charge in [-0.25, -0.2) is 0 Å². The molecular weight excluding hydrogens is 199 g/mol. The van der Waals surface area contributed by atoms with Gasteiger partial charge in [0.25, 0.3) is 0 Å². The van der Waals surface area contributed by atoms with Crippen molar-refractivity contribution in [1.29, 1.82) is 0 Å². The van der Waals surface area contributed by atoms with Gasteiger partial charge in [-0.2, -0.15) is 11.3 Å². The second-order valence-electron chi connectivity index (χ2n) is 2.10. The van der Waals surface area contributed by atoms with Crippen molar-refractivity contribution < 1.29 is 64.3 Å². The molecule has 0 aliphatic rings. The van der Waals surface area contributed by atoms with Crippen LogP contribution in [0.5, 0.6) is 0 Å². The van der Waals surface area contributed by atoms with Crippen molar-refractivity contribution >= 4 is 23.1 Å². The van der Waals surface area contributed by atoms with Crippen molar-refractivity contribution in [2.24, 2.45) is 0 Å². The standard InChI is InChI=1S/C5H5BF3S.K/c1-4-2-5(10-3-4)6(7,8)9;/h2-3H,1H3;/q-1;+1. The third-order valence-electron chi connectivity index (χ3n) is 1.07. The van der Waals surface area contributed by atoms with Crippen molar-refractivity contribution in [3.05, 3.63) is 17.0 Å². The summed E-state index contributed by atoms with van der Waals surface area (Å²) < 4.78 is 35.2. The van der Waals surface area contributed by atoms with Gasteiger partial charge in [-0.1, -0.05) is 10.8 Å². The van der Waals surface area contributed by atoms with E-state index >= 15 is 0 Å². The van der Waals surface area contributed by atoms with Crippen LogP contribution in [0, 0.1) is 6.92 Å². The number of hydrogen-bond donors (Lipinski definition) is 0. The summed E-state index contributed by atoms with van der Waals surface area (Å²) in [5, 5.41) is 1.50. The molecule has 1 aromatic rings. The maximum absolute atomic E-state index is 11.9. The monoisotopic (exact) mass is 204 g/mol. The smallest absolute Gasteiger partial charge is 0.444 e. The quantitative estimate of drug-likeness (QED) is 0.521. The van der Waals surface area contributed by atoms with Crippen molar-refractivity contribution in [2.75, 3.05) is 0 Å². The fourth-order valence-corrected chi connectivity index (χ4v) is 1.42. The molecular formula is C5H5BF3KS. The summed E-state index contributed by atoms with van der Waals surface area (Å²) in [6.45, 7) is -3.11. The molecule has 0 radical (unpaired) electrons. The summed E-state index contributed by atoms with van der Waals surface area (Å²) in [6.07, 6.45) is 0. The van der Waals surface area contributed by atoms with Crippen molar-refractivity contribution in [3.63, 3.8) is 0 Å². The van der Waals surface area contributed by atoms with E-state index in [-0.39, 0.29) is 51.4 Å². The number of hydrogen-bond acceptors (Lipinski definition) is 1. The Morgan fingerprint density at radius 1 is 1.36 bits per heavy atom. The third kappa shape index (κ3) is 3.61. The molecule has 0 N–H and O–H groups in total. The Hall–Kier alpha value is 1.19. The Morgan fingerprint density at radius 2 is 1.91 bits per heavy atom. The van der Waals surface area contributed by atoms with Gasteiger partial charge in [-0.3, -0.25) is 0 Å². The molecule has 0 amide bonds. The van der Waals surface area contributed by atoms with Crippen molar-refractivity contribution in [1.82, 2.24) is 0 Å². The van der Waals surface area contributed by atoms with Crippen LogP contribution in [-0.2, 0) is 0 Å². The molecule has 11 heavy (non-hydrogen) atoms. The van der Waals surface area contributed by atoms with E-state index in [1.54, 1.807) is 6.92 Å². The second kappa shape index (κ2) is 4.43. The fourth-order valence-electron chi connectivity index (χ4n) is 0.625. The predicted octanol–water partition coefficient (Wildman–Crippen LogP) is -0.885. The maximum Gasteiger partial charge on any atom is 1.00 e. The summed E-state index contributed by atoms with van der Waals surface area (Å²) in [6, 6.07) is 1.17. The van der Waals surface area contributed by atoms with E-state index in [2.05, 4.69) is 0 Å². The van der Waals surface area contributed by atoms with Gasteiger partial charge in [0.15, 0.2) is 0 Å². The van der Waals surface area contributed by atoms with E-state index < -0.39 is 11.8 Å². The van der Waals surface area contributed by atoms with Crippen LogP contribution in [0.3, 0.4) is 0 Å². The van der Waals surface area contributed by atoms with Gasteiger partial charge >= 0.3 is 58.4 Å². The fraction of sp³-hybridized carbons (Fsp3) is 0.200. The van der Waals surface area contributed by atoms with Crippen LogP contribution in [-0.4, -0.2) is 6.98 Å². The van der Waals surface area contributed by atoms with Gasteiger partial charge < -0.3 is 12.9 Å². The molecule has 0 spiro atoms. The Kier molecular flexibility index (Phi) is 4.91. The summed E-state index contributed by atoms with van der Waals surface area (Å²) >= 11 is 0.759. The van der Waals surface area contributed by atoms with Gasteiger partial charge in [0.1, 0.15) is 0 Å². The Morgan fingerprint density at radius 3 is 2.09 bits per heavy atom. The van der Waals surface area contributed by atoms with E-state index in [9.17, 15) is 12.9 Å². The third-order valence-corrected chi connectivity index (χ3v) is 2.22. The van der Waals surface area contributed by atoms with E-state index in [1.807, 2.05) is 0 Å². The van der Waals surface area contributed by atoms with Crippen LogP contribution in [0.15, 0.2) is 11.4 Å². The second-order valence-corrected chi connectivity index (χ2v) is 3.04. The van der Waals surface area contributed by atoms with E-state index in [0.29, 0.717) is 5.56 Å². The van der Waals surface area contributed by atoms with Gasteiger partial charge in [0, 0.05) is 0 Å². The molecule has 1 heterocycles. The van der Waals surface area contributed by atoms with Crippen molar-refractivity contribution in [2.45, 2.75) is 6.92 Å². The molecule has 0 unspecified atom stereocenters. The van der Waals surface area contributed by atoms with Gasteiger partial charge in [-0.15, -0.1) is 0 Å². The Bertz CT molecular complexity index is 232. The summed E-state index contributed by atoms with van der Waals surface area (Å²) in [4.78, 5) is 0. The van der Waals surface area contributed by atoms with Crippen LogP contribution in [0.2, 0.25) is 0 Å². The SMILES string of the molecule is Cc1csc([B-](F)(F)F)c1.[K+]. The Labute approximate surface area is 110 Å². The van der Waals surface area contributed by atoms with Crippen molar-refractivity contribution in [3.8, 4) is 0 Å². The molecule has 0 saturated heterocycles. The molecule has 6 heteroatoms. The normalized spacial score (nSPS) is 10.9. The first-order chi connectivity index (χ1) is 4.50. The average molecular weight is 204 g/mol. The van der Waals surface area contributed by atoms with E-state index in [0.717, 1.165) is 11.3 Å². The van der Waals surface area contributed by atoms with Crippen LogP contribution in [0.4, 0.5) is 12.9 Å². The van der Waals surface area contributed by atoms with E-state index in [1.165, 1.54) is 11.4 Å². The van der Waals surface area contributed by atoms with Gasteiger partial charge in [0.05, 0.1) is 0 Å². The zero-order valence-electron chi connectivity index (χ0n) is 6.27. The van der Waals surface area contributed by atoms with Crippen LogP contribution < -0.4 is 56.2 Å². The summed E-state index contributed by atoms with van der Waals surface area (Å²) in [5.74, 6) is 0. The minimum absolute atomic E-state index is 0. The molecule has 1 rings (SSSR count). The molecule has 0 aliphatic carbocycles. The summed E-state index contributed by atoms with van der Waals surface area (Å²) in [7, 11) is 0. The largest absolute Gasteiger partial charge is 1.00 e. The molecule has 0 bridgehead atoms.